The zero-order valence-electron chi connectivity index (χ0n) is 14.3. The summed E-state index contributed by atoms with van der Waals surface area (Å²) in [6, 6.07) is 9.10. The number of aliphatic hydroxyl groups excluding tert-OH is 1. The first-order valence-electron chi connectivity index (χ1n) is 9.47. The largest absolute Gasteiger partial charge is 0.396 e. The maximum absolute atomic E-state index is 9.49. The third kappa shape index (κ3) is 5.03. The van der Waals surface area contributed by atoms with Gasteiger partial charge in [-0.1, -0.05) is 37.1 Å². The number of rotatable bonds is 7. The quantitative estimate of drug-likeness (QED) is 0.811. The van der Waals surface area contributed by atoms with E-state index in [-0.39, 0.29) is 0 Å². The van der Waals surface area contributed by atoms with E-state index in [1.54, 1.807) is 0 Å². The molecule has 2 fully saturated rings. The number of likely N-dealkylation sites (tertiary alicyclic amines) is 1. The smallest absolute Gasteiger partial charge is 0.0462 e. The molecule has 0 bridgehead atoms. The Morgan fingerprint density at radius 1 is 0.913 bits per heavy atom. The minimum atomic E-state index is 0.359. The molecule has 1 aromatic rings. The molecule has 1 aliphatic carbocycles. The van der Waals surface area contributed by atoms with Gasteiger partial charge in [-0.3, -0.25) is 4.90 Å². The topological polar surface area (TPSA) is 35.5 Å². The molecule has 3 nitrogen and oxygen atoms in total. The van der Waals surface area contributed by atoms with Gasteiger partial charge in [-0.2, -0.15) is 0 Å². The molecule has 3 heteroatoms. The van der Waals surface area contributed by atoms with Crippen LogP contribution in [0.25, 0.3) is 0 Å². The standard InChI is InChI=1S/C20H32N2O/c23-16-20-6-2-1-5-19(20)14-21-13-17-7-9-18(10-8-17)15-22-11-3-4-12-22/h7-10,19-21,23H,1-6,11-16H2. The average molecular weight is 316 g/mol. The van der Waals surface area contributed by atoms with Crippen molar-refractivity contribution >= 4 is 0 Å². The van der Waals surface area contributed by atoms with Crippen LogP contribution in [-0.4, -0.2) is 36.2 Å². The maximum Gasteiger partial charge on any atom is 0.0462 e. The number of hydrogen-bond donors (Lipinski definition) is 2. The summed E-state index contributed by atoms with van der Waals surface area (Å²) < 4.78 is 0. The molecule has 2 atom stereocenters. The molecule has 2 unspecified atom stereocenters. The summed E-state index contributed by atoms with van der Waals surface area (Å²) in [5, 5.41) is 13.1. The van der Waals surface area contributed by atoms with Gasteiger partial charge in [0.2, 0.25) is 0 Å². The fourth-order valence-corrected chi connectivity index (χ4v) is 4.16. The maximum atomic E-state index is 9.49. The van der Waals surface area contributed by atoms with Crippen LogP contribution in [0.1, 0.15) is 49.7 Å². The zero-order chi connectivity index (χ0) is 15.9. The monoisotopic (exact) mass is 316 g/mol. The van der Waals surface area contributed by atoms with Crippen molar-refractivity contribution in [2.75, 3.05) is 26.2 Å². The molecule has 2 aliphatic rings. The van der Waals surface area contributed by atoms with Crippen LogP contribution in [0.2, 0.25) is 0 Å². The van der Waals surface area contributed by atoms with Crippen molar-refractivity contribution in [1.82, 2.24) is 10.2 Å². The lowest BCUT2D eigenvalue weighted by Crippen LogP contribution is -2.32. The summed E-state index contributed by atoms with van der Waals surface area (Å²) in [7, 11) is 0. The molecule has 0 radical (unpaired) electrons. The second kappa shape index (κ2) is 8.81. The fourth-order valence-electron chi connectivity index (χ4n) is 4.16. The molecule has 0 spiro atoms. The highest BCUT2D eigenvalue weighted by molar-refractivity contribution is 5.22. The van der Waals surface area contributed by atoms with Crippen LogP contribution >= 0.6 is 0 Å². The third-order valence-corrected chi connectivity index (χ3v) is 5.66. The zero-order valence-corrected chi connectivity index (χ0v) is 14.3. The molecule has 1 aliphatic heterocycles. The minimum absolute atomic E-state index is 0.359. The number of aliphatic hydroxyl groups is 1. The van der Waals surface area contributed by atoms with Crippen LogP contribution in [0.3, 0.4) is 0 Å². The van der Waals surface area contributed by atoms with Crippen LogP contribution in [-0.2, 0) is 13.1 Å². The van der Waals surface area contributed by atoms with E-state index in [9.17, 15) is 5.11 Å². The summed E-state index contributed by atoms with van der Waals surface area (Å²) in [5.41, 5.74) is 2.80. The first kappa shape index (κ1) is 16.9. The van der Waals surface area contributed by atoms with Crippen molar-refractivity contribution in [3.8, 4) is 0 Å². The van der Waals surface area contributed by atoms with Gasteiger partial charge in [-0.25, -0.2) is 0 Å². The van der Waals surface area contributed by atoms with Gasteiger partial charge in [0, 0.05) is 19.7 Å². The van der Waals surface area contributed by atoms with Gasteiger partial charge < -0.3 is 10.4 Å². The Morgan fingerprint density at radius 2 is 1.57 bits per heavy atom. The Morgan fingerprint density at radius 3 is 2.26 bits per heavy atom. The summed E-state index contributed by atoms with van der Waals surface area (Å²) in [5.74, 6) is 1.17. The van der Waals surface area contributed by atoms with Crippen molar-refractivity contribution in [1.29, 1.82) is 0 Å². The lowest BCUT2D eigenvalue weighted by atomic mass is 9.79. The van der Waals surface area contributed by atoms with E-state index >= 15 is 0 Å². The number of nitrogens with one attached hydrogen (secondary N) is 1. The SMILES string of the molecule is OCC1CCCCC1CNCc1ccc(CN2CCCC2)cc1. The van der Waals surface area contributed by atoms with E-state index < -0.39 is 0 Å². The normalized spacial score (nSPS) is 25.8. The Hall–Kier alpha value is -0.900. The predicted molar refractivity (Wildman–Crippen MR) is 95.2 cm³/mol. The van der Waals surface area contributed by atoms with Crippen LogP contribution < -0.4 is 5.32 Å². The molecule has 128 valence electrons. The summed E-state index contributed by atoms with van der Waals surface area (Å²) >= 11 is 0. The summed E-state index contributed by atoms with van der Waals surface area (Å²) in [4.78, 5) is 2.55. The minimum Gasteiger partial charge on any atom is -0.396 e. The van der Waals surface area contributed by atoms with E-state index in [4.69, 9.17) is 0 Å². The second-order valence-electron chi connectivity index (χ2n) is 7.42. The first-order valence-corrected chi connectivity index (χ1v) is 9.47. The Labute approximate surface area is 141 Å². The molecule has 0 amide bonds. The summed E-state index contributed by atoms with van der Waals surface area (Å²) in [6.45, 7) is 5.97. The number of nitrogens with zero attached hydrogens (tertiary/aromatic N) is 1. The first-order chi connectivity index (χ1) is 11.3. The van der Waals surface area contributed by atoms with Gasteiger partial charge in [0.05, 0.1) is 0 Å². The van der Waals surface area contributed by atoms with Gasteiger partial charge in [0.25, 0.3) is 0 Å². The molecular weight excluding hydrogens is 284 g/mol. The Kier molecular flexibility index (Phi) is 6.49. The molecule has 1 heterocycles. The molecular formula is C20H32N2O. The molecule has 1 aromatic carbocycles. The lowest BCUT2D eigenvalue weighted by Gasteiger charge is -2.30. The lowest BCUT2D eigenvalue weighted by molar-refractivity contribution is 0.133. The van der Waals surface area contributed by atoms with Crippen LogP contribution in [0.4, 0.5) is 0 Å². The second-order valence-corrected chi connectivity index (χ2v) is 7.42. The molecule has 1 saturated carbocycles. The molecule has 0 aromatic heterocycles. The molecule has 23 heavy (non-hydrogen) atoms. The average Bonchev–Trinajstić information content (AvgIpc) is 3.10. The third-order valence-electron chi connectivity index (χ3n) is 5.66. The molecule has 3 rings (SSSR count). The van der Waals surface area contributed by atoms with Crippen molar-refractivity contribution < 1.29 is 5.11 Å². The number of benzene rings is 1. The molecule has 1 saturated heterocycles. The van der Waals surface area contributed by atoms with Gasteiger partial charge in [0.15, 0.2) is 0 Å². The van der Waals surface area contributed by atoms with Gasteiger partial charge in [-0.05, 0) is 68.3 Å². The molecule has 2 N–H and O–H groups in total. The van der Waals surface area contributed by atoms with Crippen LogP contribution in [0.15, 0.2) is 24.3 Å². The van der Waals surface area contributed by atoms with E-state index in [1.165, 1.54) is 62.7 Å². The fraction of sp³-hybridized carbons (Fsp3) is 0.700. The Bertz CT molecular complexity index is 453. The predicted octanol–water partition coefficient (Wildman–Crippen LogP) is 3.17. The highest BCUT2D eigenvalue weighted by Crippen LogP contribution is 2.29. The van der Waals surface area contributed by atoms with Crippen molar-refractivity contribution in [2.24, 2.45) is 11.8 Å². The highest BCUT2D eigenvalue weighted by atomic mass is 16.3. The van der Waals surface area contributed by atoms with Crippen molar-refractivity contribution in [3.63, 3.8) is 0 Å². The van der Waals surface area contributed by atoms with E-state index in [0.717, 1.165) is 19.6 Å². The van der Waals surface area contributed by atoms with E-state index in [2.05, 4.69) is 34.5 Å². The van der Waals surface area contributed by atoms with Gasteiger partial charge >= 0.3 is 0 Å². The number of hydrogen-bond acceptors (Lipinski definition) is 3. The van der Waals surface area contributed by atoms with Crippen LogP contribution in [0.5, 0.6) is 0 Å². The van der Waals surface area contributed by atoms with Crippen molar-refractivity contribution in [3.05, 3.63) is 35.4 Å². The van der Waals surface area contributed by atoms with Gasteiger partial charge in [-0.15, -0.1) is 0 Å². The van der Waals surface area contributed by atoms with E-state index in [0.29, 0.717) is 18.4 Å². The van der Waals surface area contributed by atoms with E-state index in [1.807, 2.05) is 0 Å². The Balaban J connectivity index is 1.41. The van der Waals surface area contributed by atoms with Gasteiger partial charge in [0.1, 0.15) is 0 Å². The highest BCUT2D eigenvalue weighted by Gasteiger charge is 2.23. The van der Waals surface area contributed by atoms with Crippen molar-refractivity contribution in [2.45, 2.75) is 51.6 Å². The summed E-state index contributed by atoms with van der Waals surface area (Å²) in [6.07, 6.45) is 7.81. The van der Waals surface area contributed by atoms with Crippen LogP contribution in [0, 0.1) is 11.8 Å².